The summed E-state index contributed by atoms with van der Waals surface area (Å²) in [6, 6.07) is 1.71. The number of hydrogen-bond donors (Lipinski definition) is 1. The third-order valence-electron chi connectivity index (χ3n) is 1.78. The van der Waals surface area contributed by atoms with Gasteiger partial charge in [-0.05, 0) is 11.4 Å². The molecule has 6 heteroatoms. The van der Waals surface area contributed by atoms with Crippen molar-refractivity contribution in [1.29, 1.82) is 0 Å². The minimum atomic E-state index is -0.575. The molecule has 0 radical (unpaired) electrons. The van der Waals surface area contributed by atoms with E-state index in [1.54, 1.807) is 12.3 Å². The van der Waals surface area contributed by atoms with Crippen LogP contribution < -0.4 is 11.3 Å². The second-order valence-corrected chi connectivity index (χ2v) is 3.72. The van der Waals surface area contributed by atoms with Gasteiger partial charge in [0.25, 0.3) is 5.56 Å². The van der Waals surface area contributed by atoms with Crippen LogP contribution in [-0.4, -0.2) is 15.7 Å². The van der Waals surface area contributed by atoms with Gasteiger partial charge in [-0.15, -0.1) is 11.3 Å². The molecular formula is C8H7N3O2S. The van der Waals surface area contributed by atoms with Gasteiger partial charge < -0.3 is 5.73 Å². The van der Waals surface area contributed by atoms with E-state index >= 15 is 0 Å². The van der Waals surface area contributed by atoms with E-state index in [-0.39, 0.29) is 12.1 Å². The van der Waals surface area contributed by atoms with Crippen molar-refractivity contribution in [3.8, 4) is 0 Å². The average molecular weight is 209 g/mol. The molecule has 2 aromatic rings. The van der Waals surface area contributed by atoms with Gasteiger partial charge in [-0.25, -0.2) is 4.68 Å². The van der Waals surface area contributed by atoms with Crippen molar-refractivity contribution in [2.45, 2.75) is 6.54 Å². The van der Waals surface area contributed by atoms with Crippen molar-refractivity contribution in [3.05, 3.63) is 28.0 Å². The Morgan fingerprint density at radius 3 is 3.14 bits per heavy atom. The topological polar surface area (TPSA) is 78.0 Å². The van der Waals surface area contributed by atoms with Crippen molar-refractivity contribution in [2.75, 3.05) is 0 Å². The molecule has 0 aliphatic heterocycles. The maximum absolute atomic E-state index is 11.6. The summed E-state index contributed by atoms with van der Waals surface area (Å²) in [6.07, 6.45) is 1.56. The van der Waals surface area contributed by atoms with Crippen molar-refractivity contribution >= 4 is 27.3 Å². The lowest BCUT2D eigenvalue weighted by molar-refractivity contribution is -0.118. The van der Waals surface area contributed by atoms with Gasteiger partial charge >= 0.3 is 0 Å². The van der Waals surface area contributed by atoms with E-state index < -0.39 is 5.91 Å². The van der Waals surface area contributed by atoms with Gasteiger partial charge in [0.05, 0.1) is 16.3 Å². The van der Waals surface area contributed by atoms with Gasteiger partial charge in [0.2, 0.25) is 5.91 Å². The van der Waals surface area contributed by atoms with Crippen molar-refractivity contribution in [2.24, 2.45) is 5.73 Å². The number of fused-ring (bicyclic) bond motifs is 1. The molecule has 0 bridgehead atoms. The van der Waals surface area contributed by atoms with Gasteiger partial charge in [-0.1, -0.05) is 0 Å². The van der Waals surface area contributed by atoms with Gasteiger partial charge in [-0.3, -0.25) is 9.59 Å². The van der Waals surface area contributed by atoms with Crippen LogP contribution in [0.2, 0.25) is 0 Å². The molecule has 2 aromatic heterocycles. The lowest BCUT2D eigenvalue weighted by atomic mass is 10.4. The zero-order chi connectivity index (χ0) is 10.1. The van der Waals surface area contributed by atoms with Crippen LogP contribution in [0.25, 0.3) is 10.1 Å². The summed E-state index contributed by atoms with van der Waals surface area (Å²) < 4.78 is 1.88. The summed E-state index contributed by atoms with van der Waals surface area (Å²) >= 11 is 1.44. The zero-order valence-electron chi connectivity index (χ0n) is 7.14. The number of carbonyl (C=O) groups is 1. The number of carbonyl (C=O) groups excluding carboxylic acids is 1. The number of nitrogens with two attached hydrogens (primary N) is 1. The number of aromatic nitrogens is 2. The second kappa shape index (κ2) is 3.22. The lowest BCUT2D eigenvalue weighted by Gasteiger charge is -1.99. The first-order valence-corrected chi connectivity index (χ1v) is 4.78. The largest absolute Gasteiger partial charge is 0.368 e. The molecule has 0 fully saturated rings. The van der Waals surface area contributed by atoms with Crippen LogP contribution in [0.4, 0.5) is 0 Å². The van der Waals surface area contributed by atoms with E-state index in [4.69, 9.17) is 5.73 Å². The smallest absolute Gasteiger partial charge is 0.275 e. The number of thiophene rings is 1. The fourth-order valence-electron chi connectivity index (χ4n) is 1.17. The molecule has 2 heterocycles. The van der Waals surface area contributed by atoms with Gasteiger partial charge in [-0.2, -0.15) is 5.10 Å². The Morgan fingerprint density at radius 2 is 2.43 bits per heavy atom. The Kier molecular flexibility index (Phi) is 2.05. The fourth-order valence-corrected chi connectivity index (χ4v) is 1.91. The highest BCUT2D eigenvalue weighted by molar-refractivity contribution is 7.17. The molecule has 0 unspecified atom stereocenters. The summed E-state index contributed by atoms with van der Waals surface area (Å²) in [5, 5.41) is 6.22. The second-order valence-electron chi connectivity index (χ2n) is 2.77. The number of primary amides is 1. The zero-order valence-corrected chi connectivity index (χ0v) is 7.95. The summed E-state index contributed by atoms with van der Waals surface area (Å²) in [4.78, 5) is 22.2. The first-order valence-electron chi connectivity index (χ1n) is 3.90. The van der Waals surface area contributed by atoms with E-state index in [0.29, 0.717) is 5.39 Å². The molecule has 0 aliphatic rings. The molecule has 1 amide bonds. The van der Waals surface area contributed by atoms with Crippen LogP contribution in [0, 0.1) is 0 Å². The predicted octanol–water partition coefficient (Wildman–Crippen LogP) is -0.0567. The predicted molar refractivity (Wildman–Crippen MR) is 53.1 cm³/mol. The van der Waals surface area contributed by atoms with E-state index in [1.807, 2.05) is 5.38 Å². The van der Waals surface area contributed by atoms with Gasteiger partial charge in [0, 0.05) is 0 Å². The number of nitrogens with zero attached hydrogens (tertiary/aromatic N) is 2. The lowest BCUT2D eigenvalue weighted by Crippen LogP contribution is -2.29. The standard InChI is InChI=1S/C8H7N3O2S/c9-7(12)4-11-8(13)5-1-2-14-6(5)3-10-11/h1-3H,4H2,(H2,9,12). The Labute approximate surface area is 82.8 Å². The SMILES string of the molecule is NC(=O)Cn1ncc2sccc2c1=O. The van der Waals surface area contributed by atoms with E-state index in [1.165, 1.54) is 11.3 Å². The van der Waals surface area contributed by atoms with Crippen LogP contribution >= 0.6 is 11.3 Å². The number of hydrogen-bond acceptors (Lipinski definition) is 4. The summed E-state index contributed by atoms with van der Waals surface area (Å²) in [6.45, 7) is -0.176. The Bertz CT molecular complexity index is 543. The molecule has 14 heavy (non-hydrogen) atoms. The minimum Gasteiger partial charge on any atom is -0.368 e. The number of amides is 1. The van der Waals surface area contributed by atoms with E-state index in [0.717, 1.165) is 9.38 Å². The van der Waals surface area contributed by atoms with Crippen LogP contribution in [0.1, 0.15) is 0 Å². The maximum atomic E-state index is 11.6. The summed E-state index contributed by atoms with van der Waals surface area (Å²) in [5.74, 6) is -0.575. The highest BCUT2D eigenvalue weighted by Gasteiger charge is 2.06. The number of rotatable bonds is 2. The first kappa shape index (κ1) is 8.89. The van der Waals surface area contributed by atoms with Crippen molar-refractivity contribution in [3.63, 3.8) is 0 Å². The van der Waals surface area contributed by atoms with E-state index in [2.05, 4.69) is 5.10 Å². The quantitative estimate of drug-likeness (QED) is 0.752. The van der Waals surface area contributed by atoms with Crippen molar-refractivity contribution < 1.29 is 4.79 Å². The Morgan fingerprint density at radius 1 is 1.64 bits per heavy atom. The summed E-state index contributed by atoms with van der Waals surface area (Å²) in [5.41, 5.74) is 4.70. The maximum Gasteiger partial charge on any atom is 0.275 e. The van der Waals surface area contributed by atoms with E-state index in [9.17, 15) is 9.59 Å². The Hall–Kier alpha value is -1.69. The molecule has 0 saturated carbocycles. The highest BCUT2D eigenvalue weighted by Crippen LogP contribution is 2.14. The van der Waals surface area contributed by atoms with Crippen LogP contribution in [0.5, 0.6) is 0 Å². The monoisotopic (exact) mass is 209 g/mol. The van der Waals surface area contributed by atoms with Gasteiger partial charge in [0.1, 0.15) is 6.54 Å². The van der Waals surface area contributed by atoms with Crippen LogP contribution in [-0.2, 0) is 11.3 Å². The first-order chi connectivity index (χ1) is 6.68. The highest BCUT2D eigenvalue weighted by atomic mass is 32.1. The molecule has 0 saturated heterocycles. The third kappa shape index (κ3) is 1.39. The minimum absolute atomic E-state index is 0.176. The molecule has 0 aliphatic carbocycles. The Balaban J connectivity index is 2.62. The summed E-state index contributed by atoms with van der Waals surface area (Å²) in [7, 11) is 0. The average Bonchev–Trinajstić information content (AvgIpc) is 2.57. The normalized spacial score (nSPS) is 10.6. The van der Waals surface area contributed by atoms with Crippen molar-refractivity contribution in [1.82, 2.24) is 9.78 Å². The molecule has 0 atom stereocenters. The molecule has 0 aromatic carbocycles. The van der Waals surface area contributed by atoms with Crippen LogP contribution in [0.3, 0.4) is 0 Å². The molecular weight excluding hydrogens is 202 g/mol. The molecule has 5 nitrogen and oxygen atoms in total. The molecule has 2 rings (SSSR count). The third-order valence-corrected chi connectivity index (χ3v) is 2.63. The van der Waals surface area contributed by atoms with Gasteiger partial charge in [0.15, 0.2) is 0 Å². The van der Waals surface area contributed by atoms with Crippen LogP contribution in [0.15, 0.2) is 22.4 Å². The fraction of sp³-hybridized carbons (Fsp3) is 0.125. The molecule has 2 N–H and O–H groups in total. The molecule has 0 spiro atoms. The molecule has 72 valence electrons.